The number of amides is 1. The number of aromatic nitrogens is 5. The van der Waals surface area contributed by atoms with E-state index in [-0.39, 0.29) is 24.1 Å². The minimum Gasteiger partial charge on any atom is -0.360 e. The molecule has 0 aliphatic heterocycles. The minimum atomic E-state index is -0.552. The first-order valence-electron chi connectivity index (χ1n) is 8.62. The maximum atomic E-state index is 13.1. The van der Waals surface area contributed by atoms with Crippen LogP contribution in [0.25, 0.3) is 5.65 Å². The smallest absolute Gasteiger partial charge is 0.353 e. The average Bonchev–Trinajstić information content (AvgIpc) is 3.20. The molecule has 0 fully saturated rings. The van der Waals surface area contributed by atoms with Crippen molar-refractivity contribution in [3.63, 3.8) is 0 Å². The summed E-state index contributed by atoms with van der Waals surface area (Å²) in [5, 5.41) is 13.4. The zero-order chi connectivity index (χ0) is 20.5. The van der Waals surface area contributed by atoms with Crippen LogP contribution in [0.3, 0.4) is 0 Å². The first-order valence-corrected chi connectivity index (χ1v) is 8.62. The number of halogens is 1. The fourth-order valence-electron chi connectivity index (χ4n) is 2.75. The third-order valence-electron chi connectivity index (χ3n) is 3.99. The molecule has 3 heterocycles. The topological polar surface area (TPSA) is 119 Å². The van der Waals surface area contributed by atoms with E-state index in [4.69, 9.17) is 4.52 Å². The molecule has 0 aliphatic rings. The molecule has 11 heteroatoms. The van der Waals surface area contributed by atoms with Crippen LogP contribution in [0.4, 0.5) is 21.8 Å². The van der Waals surface area contributed by atoms with Crippen molar-refractivity contribution in [2.24, 2.45) is 0 Å². The summed E-state index contributed by atoms with van der Waals surface area (Å²) in [6.45, 7) is 3.13. The Kier molecular flexibility index (Phi) is 4.55. The number of benzene rings is 1. The third kappa shape index (κ3) is 3.83. The van der Waals surface area contributed by atoms with Gasteiger partial charge < -0.3 is 15.2 Å². The van der Waals surface area contributed by atoms with Crippen LogP contribution in [0.15, 0.2) is 45.7 Å². The summed E-state index contributed by atoms with van der Waals surface area (Å²) >= 11 is 0. The lowest BCUT2D eigenvalue weighted by Gasteiger charge is -2.07. The molecule has 4 aromatic rings. The van der Waals surface area contributed by atoms with Gasteiger partial charge in [-0.3, -0.25) is 4.79 Å². The fraction of sp³-hybridized carbons (Fsp3) is 0.167. The number of carbonyl (C=O) groups excluding carboxylic acids is 1. The number of hydrogen-bond acceptors (Lipinski definition) is 7. The van der Waals surface area contributed by atoms with E-state index in [2.05, 4.69) is 25.9 Å². The summed E-state index contributed by atoms with van der Waals surface area (Å²) in [7, 11) is 0. The zero-order valence-electron chi connectivity index (χ0n) is 15.5. The molecule has 29 heavy (non-hydrogen) atoms. The highest BCUT2D eigenvalue weighted by Crippen LogP contribution is 2.16. The monoisotopic (exact) mass is 397 g/mol. The Hall–Kier alpha value is -4.02. The molecular weight excluding hydrogens is 381 g/mol. The lowest BCUT2D eigenvalue weighted by atomic mass is 10.3. The lowest BCUT2D eigenvalue weighted by Crippen LogP contribution is -2.29. The summed E-state index contributed by atoms with van der Waals surface area (Å²) in [6, 6.07) is 8.80. The van der Waals surface area contributed by atoms with Gasteiger partial charge in [0.25, 0.3) is 0 Å². The van der Waals surface area contributed by atoms with Crippen LogP contribution in [-0.4, -0.2) is 30.2 Å². The van der Waals surface area contributed by atoms with Gasteiger partial charge in [0.15, 0.2) is 11.5 Å². The maximum absolute atomic E-state index is 13.1. The molecule has 1 amide bonds. The van der Waals surface area contributed by atoms with Gasteiger partial charge in [-0.2, -0.15) is 0 Å². The van der Waals surface area contributed by atoms with Crippen molar-refractivity contribution in [2.75, 3.05) is 10.6 Å². The van der Waals surface area contributed by atoms with Gasteiger partial charge in [-0.05, 0) is 38.1 Å². The predicted molar refractivity (Wildman–Crippen MR) is 102 cm³/mol. The predicted octanol–water partition coefficient (Wildman–Crippen LogP) is 2.02. The second-order valence-corrected chi connectivity index (χ2v) is 6.36. The van der Waals surface area contributed by atoms with Crippen molar-refractivity contribution in [1.82, 2.24) is 24.3 Å². The number of aryl methyl sites for hydroxylation is 2. The lowest BCUT2D eigenvalue weighted by molar-refractivity contribution is -0.117. The molecule has 1 aromatic carbocycles. The highest BCUT2D eigenvalue weighted by Gasteiger charge is 2.16. The van der Waals surface area contributed by atoms with Crippen LogP contribution in [-0.2, 0) is 11.3 Å². The van der Waals surface area contributed by atoms with Crippen LogP contribution in [0.5, 0.6) is 0 Å². The van der Waals surface area contributed by atoms with E-state index in [0.29, 0.717) is 22.8 Å². The maximum Gasteiger partial charge on any atom is 0.353 e. The highest BCUT2D eigenvalue weighted by atomic mass is 19.1. The van der Waals surface area contributed by atoms with Gasteiger partial charge in [-0.15, -0.1) is 5.10 Å². The van der Waals surface area contributed by atoms with Gasteiger partial charge in [-0.25, -0.2) is 23.3 Å². The molecule has 10 nitrogen and oxygen atoms in total. The molecule has 0 aliphatic carbocycles. The Morgan fingerprint density at radius 2 is 1.97 bits per heavy atom. The van der Waals surface area contributed by atoms with Crippen molar-refractivity contribution < 1.29 is 13.7 Å². The SMILES string of the molecule is Cc1cc2nn(CC(=O)Nc3cc(C)on3)c(=O)n2c(Nc2ccc(F)cc2)n1. The van der Waals surface area contributed by atoms with Gasteiger partial charge in [0.05, 0.1) is 0 Å². The van der Waals surface area contributed by atoms with Crippen LogP contribution < -0.4 is 16.3 Å². The first-order chi connectivity index (χ1) is 13.9. The summed E-state index contributed by atoms with van der Waals surface area (Å²) in [5.41, 5.74) is 0.923. The molecule has 0 bridgehead atoms. The van der Waals surface area contributed by atoms with E-state index in [0.717, 1.165) is 4.68 Å². The van der Waals surface area contributed by atoms with Crippen molar-refractivity contribution in [1.29, 1.82) is 0 Å². The molecule has 3 aromatic heterocycles. The Balaban J connectivity index is 1.64. The van der Waals surface area contributed by atoms with E-state index < -0.39 is 11.6 Å². The molecule has 0 atom stereocenters. The number of hydrogen-bond donors (Lipinski definition) is 2. The molecule has 0 saturated carbocycles. The number of fused-ring (bicyclic) bond motifs is 1. The second kappa shape index (κ2) is 7.19. The largest absolute Gasteiger partial charge is 0.360 e. The molecular formula is C18H16FN7O3. The van der Waals surface area contributed by atoms with Gasteiger partial charge >= 0.3 is 5.69 Å². The number of nitrogens with zero attached hydrogens (tertiary/aromatic N) is 5. The van der Waals surface area contributed by atoms with Crippen LogP contribution >= 0.6 is 0 Å². The molecule has 0 unspecified atom stereocenters. The molecule has 0 saturated heterocycles. The molecule has 0 spiro atoms. The van der Waals surface area contributed by atoms with E-state index in [1.54, 1.807) is 26.0 Å². The van der Waals surface area contributed by atoms with Crippen LogP contribution in [0.1, 0.15) is 11.5 Å². The number of nitrogens with one attached hydrogen (secondary N) is 2. The summed E-state index contributed by atoms with van der Waals surface area (Å²) in [4.78, 5) is 29.4. The van der Waals surface area contributed by atoms with Gasteiger partial charge in [0.1, 0.15) is 18.1 Å². The van der Waals surface area contributed by atoms with Crippen molar-refractivity contribution in [3.05, 3.63) is 64.2 Å². The van der Waals surface area contributed by atoms with Crippen LogP contribution in [0, 0.1) is 19.7 Å². The summed E-state index contributed by atoms with van der Waals surface area (Å²) < 4.78 is 20.3. The summed E-state index contributed by atoms with van der Waals surface area (Å²) in [5.74, 6) is 0.136. The normalized spacial score (nSPS) is 11.0. The highest BCUT2D eigenvalue weighted by molar-refractivity contribution is 5.89. The summed E-state index contributed by atoms with van der Waals surface area (Å²) in [6.07, 6.45) is 0. The van der Waals surface area contributed by atoms with Crippen molar-refractivity contribution >= 4 is 29.0 Å². The second-order valence-electron chi connectivity index (χ2n) is 6.36. The van der Waals surface area contributed by atoms with Gasteiger partial charge in [0, 0.05) is 23.5 Å². The van der Waals surface area contributed by atoms with E-state index in [1.807, 2.05) is 0 Å². The molecule has 2 N–H and O–H groups in total. The van der Waals surface area contributed by atoms with E-state index >= 15 is 0 Å². The van der Waals surface area contributed by atoms with Crippen LogP contribution in [0.2, 0.25) is 0 Å². The van der Waals surface area contributed by atoms with E-state index in [1.165, 1.54) is 28.7 Å². The fourth-order valence-corrected chi connectivity index (χ4v) is 2.75. The number of anilines is 3. The van der Waals surface area contributed by atoms with Gasteiger partial charge in [-0.1, -0.05) is 5.16 Å². The standard InChI is InChI=1S/C18H16FN7O3/c1-10-7-15-23-25(9-16(27)22-14-8-11(2)29-24-14)18(28)26(15)17(20-10)21-13-5-3-12(19)4-6-13/h3-8H,9H2,1-2H3,(H,20,21)(H,22,24,27). The molecule has 4 rings (SSSR count). The van der Waals surface area contributed by atoms with E-state index in [9.17, 15) is 14.0 Å². The minimum absolute atomic E-state index is 0.204. The molecule has 148 valence electrons. The Labute approximate surface area is 163 Å². The van der Waals surface area contributed by atoms with Crippen molar-refractivity contribution in [2.45, 2.75) is 20.4 Å². The Morgan fingerprint density at radius 3 is 2.66 bits per heavy atom. The first kappa shape index (κ1) is 18.3. The Bertz CT molecular complexity index is 1260. The molecule has 0 radical (unpaired) electrons. The number of carbonyl (C=O) groups is 1. The third-order valence-corrected chi connectivity index (χ3v) is 3.99. The quantitative estimate of drug-likeness (QED) is 0.529. The Morgan fingerprint density at radius 1 is 1.21 bits per heavy atom. The zero-order valence-corrected chi connectivity index (χ0v) is 15.5. The van der Waals surface area contributed by atoms with Gasteiger partial charge in [0.2, 0.25) is 11.9 Å². The number of rotatable bonds is 5. The van der Waals surface area contributed by atoms with Crippen molar-refractivity contribution in [3.8, 4) is 0 Å². The average molecular weight is 397 g/mol.